The van der Waals surface area contributed by atoms with Gasteiger partial charge in [-0.3, -0.25) is 4.79 Å². The van der Waals surface area contributed by atoms with Gasteiger partial charge in [-0.2, -0.15) is 0 Å². The smallest absolute Gasteiger partial charge is 0.201 e. The van der Waals surface area contributed by atoms with Crippen molar-refractivity contribution in [1.82, 2.24) is 0 Å². The van der Waals surface area contributed by atoms with E-state index >= 15 is 0 Å². The molecular weight excluding hydrogens is 408 g/mol. The number of allylic oxidation sites excluding steroid dienone is 1. The minimum atomic E-state index is -0.0928. The van der Waals surface area contributed by atoms with E-state index in [4.69, 9.17) is 13.9 Å². The Labute approximate surface area is 185 Å². The average Bonchev–Trinajstić information content (AvgIpc) is 2.78. The van der Waals surface area contributed by atoms with E-state index in [0.717, 1.165) is 21.8 Å². The molecule has 0 atom stereocenters. The van der Waals surface area contributed by atoms with Crippen LogP contribution >= 0.6 is 11.8 Å². The summed E-state index contributed by atoms with van der Waals surface area (Å²) in [7, 11) is 1.61. The molecule has 5 heteroatoms. The predicted molar refractivity (Wildman–Crippen MR) is 126 cm³/mol. The van der Waals surface area contributed by atoms with Crippen LogP contribution in [0.1, 0.15) is 12.5 Å². The SMILES string of the molecule is C=C(C)Sc1oc2cc(OCc3ccccc3)ccc2c(=O)c1-c1ccc(OC)cc1. The zero-order chi connectivity index (χ0) is 21.8. The molecule has 0 unspecified atom stereocenters. The molecule has 0 aliphatic heterocycles. The number of thioether (sulfide) groups is 1. The van der Waals surface area contributed by atoms with Crippen molar-refractivity contribution in [2.75, 3.05) is 7.11 Å². The number of fused-ring (bicyclic) bond motifs is 1. The van der Waals surface area contributed by atoms with Crippen LogP contribution in [0.25, 0.3) is 22.1 Å². The Morgan fingerprint density at radius 2 is 1.71 bits per heavy atom. The third kappa shape index (κ3) is 4.67. The highest BCUT2D eigenvalue weighted by Crippen LogP contribution is 2.36. The first-order valence-electron chi connectivity index (χ1n) is 9.80. The molecule has 4 nitrogen and oxygen atoms in total. The first-order valence-corrected chi connectivity index (χ1v) is 10.6. The second-order valence-electron chi connectivity index (χ2n) is 7.06. The van der Waals surface area contributed by atoms with Crippen molar-refractivity contribution in [3.63, 3.8) is 0 Å². The van der Waals surface area contributed by atoms with Gasteiger partial charge >= 0.3 is 0 Å². The number of benzene rings is 3. The fraction of sp³-hybridized carbons (Fsp3) is 0.115. The van der Waals surface area contributed by atoms with Crippen molar-refractivity contribution in [2.45, 2.75) is 18.6 Å². The van der Waals surface area contributed by atoms with Crippen molar-refractivity contribution in [1.29, 1.82) is 0 Å². The lowest BCUT2D eigenvalue weighted by Crippen LogP contribution is -2.07. The minimum absolute atomic E-state index is 0.0928. The molecule has 4 rings (SSSR count). The Morgan fingerprint density at radius 3 is 2.39 bits per heavy atom. The predicted octanol–water partition coefficient (Wildman–Crippen LogP) is 6.67. The van der Waals surface area contributed by atoms with Gasteiger partial charge in [0.2, 0.25) is 5.43 Å². The van der Waals surface area contributed by atoms with Crippen LogP contribution in [0.3, 0.4) is 0 Å². The lowest BCUT2D eigenvalue weighted by molar-refractivity contribution is 0.306. The van der Waals surface area contributed by atoms with Crippen LogP contribution in [0.2, 0.25) is 0 Å². The van der Waals surface area contributed by atoms with E-state index in [1.807, 2.05) is 61.5 Å². The maximum Gasteiger partial charge on any atom is 0.201 e. The summed E-state index contributed by atoms with van der Waals surface area (Å²) in [6, 6.07) is 22.6. The average molecular weight is 431 g/mol. The van der Waals surface area contributed by atoms with Crippen LogP contribution in [-0.4, -0.2) is 7.11 Å². The first-order chi connectivity index (χ1) is 15.0. The molecule has 0 fully saturated rings. The van der Waals surface area contributed by atoms with Gasteiger partial charge in [-0.25, -0.2) is 0 Å². The molecule has 1 heterocycles. The molecule has 31 heavy (non-hydrogen) atoms. The zero-order valence-corrected chi connectivity index (χ0v) is 18.2. The summed E-state index contributed by atoms with van der Waals surface area (Å²) >= 11 is 1.34. The van der Waals surface area contributed by atoms with Gasteiger partial charge in [0.05, 0.1) is 18.1 Å². The van der Waals surface area contributed by atoms with Crippen LogP contribution in [-0.2, 0) is 6.61 Å². The first kappa shape index (κ1) is 20.8. The van der Waals surface area contributed by atoms with Crippen molar-refractivity contribution in [3.05, 3.63) is 100 Å². The summed E-state index contributed by atoms with van der Waals surface area (Å²) in [4.78, 5) is 14.2. The van der Waals surface area contributed by atoms with Crippen molar-refractivity contribution in [2.24, 2.45) is 0 Å². The molecule has 3 aromatic carbocycles. The fourth-order valence-electron chi connectivity index (χ4n) is 3.22. The lowest BCUT2D eigenvalue weighted by Gasteiger charge is -2.12. The van der Waals surface area contributed by atoms with Crippen LogP contribution in [0.15, 0.2) is 98.6 Å². The summed E-state index contributed by atoms with van der Waals surface area (Å²) in [6.45, 7) is 6.28. The summed E-state index contributed by atoms with van der Waals surface area (Å²) in [6.07, 6.45) is 0. The van der Waals surface area contributed by atoms with Gasteiger partial charge in [0, 0.05) is 6.07 Å². The number of hydrogen-bond donors (Lipinski definition) is 0. The van der Waals surface area contributed by atoms with Gasteiger partial charge in [0.1, 0.15) is 23.7 Å². The molecule has 0 aliphatic rings. The van der Waals surface area contributed by atoms with Crippen LogP contribution in [0.5, 0.6) is 11.5 Å². The molecule has 0 spiro atoms. The highest BCUT2D eigenvalue weighted by atomic mass is 32.2. The summed E-state index contributed by atoms with van der Waals surface area (Å²) in [5.41, 5.74) is 2.74. The molecule has 156 valence electrons. The normalized spacial score (nSPS) is 10.8. The Bertz CT molecular complexity index is 1270. The maximum absolute atomic E-state index is 13.4. The Hall–Kier alpha value is -3.44. The topological polar surface area (TPSA) is 48.7 Å². The fourth-order valence-corrected chi connectivity index (χ4v) is 3.98. The summed E-state index contributed by atoms with van der Waals surface area (Å²) in [5, 5.41) is 1.01. The molecule has 0 N–H and O–H groups in total. The van der Waals surface area contributed by atoms with Gasteiger partial charge in [-0.1, -0.05) is 60.8 Å². The van der Waals surface area contributed by atoms with Gasteiger partial charge in [-0.15, -0.1) is 0 Å². The molecule has 0 radical (unpaired) electrons. The van der Waals surface area contributed by atoms with Crippen LogP contribution in [0.4, 0.5) is 0 Å². The second kappa shape index (κ2) is 9.14. The zero-order valence-electron chi connectivity index (χ0n) is 17.4. The second-order valence-corrected chi connectivity index (χ2v) is 8.33. The summed E-state index contributed by atoms with van der Waals surface area (Å²) in [5.74, 6) is 1.37. The van der Waals surface area contributed by atoms with Gasteiger partial charge in [0.25, 0.3) is 0 Å². The van der Waals surface area contributed by atoms with E-state index in [2.05, 4.69) is 6.58 Å². The Kier molecular flexibility index (Phi) is 6.14. The van der Waals surface area contributed by atoms with E-state index in [1.165, 1.54) is 11.8 Å². The van der Waals surface area contributed by atoms with E-state index < -0.39 is 0 Å². The number of ether oxygens (including phenoxy) is 2. The molecule has 0 amide bonds. The molecule has 0 bridgehead atoms. The summed E-state index contributed by atoms with van der Waals surface area (Å²) < 4.78 is 17.3. The van der Waals surface area contributed by atoms with E-state index in [-0.39, 0.29) is 5.43 Å². The minimum Gasteiger partial charge on any atom is -0.497 e. The third-order valence-corrected chi connectivity index (χ3v) is 5.55. The Morgan fingerprint density at radius 1 is 1.00 bits per heavy atom. The molecule has 4 aromatic rings. The third-order valence-electron chi connectivity index (χ3n) is 4.73. The van der Waals surface area contributed by atoms with E-state index in [9.17, 15) is 4.79 Å². The highest BCUT2D eigenvalue weighted by molar-refractivity contribution is 8.03. The van der Waals surface area contributed by atoms with E-state index in [0.29, 0.717) is 34.0 Å². The molecule has 1 aromatic heterocycles. The van der Waals surface area contributed by atoms with Crippen LogP contribution < -0.4 is 14.9 Å². The quantitative estimate of drug-likeness (QED) is 0.306. The highest BCUT2D eigenvalue weighted by Gasteiger charge is 2.18. The molecular formula is C26H22O4S. The Balaban J connectivity index is 1.76. The van der Waals surface area contributed by atoms with Crippen molar-refractivity contribution in [3.8, 4) is 22.6 Å². The molecule has 0 saturated carbocycles. The molecule has 0 saturated heterocycles. The lowest BCUT2D eigenvalue weighted by atomic mass is 10.1. The monoisotopic (exact) mass is 430 g/mol. The number of hydrogen-bond acceptors (Lipinski definition) is 5. The number of rotatable bonds is 7. The number of methoxy groups -OCH3 is 1. The molecule has 0 aliphatic carbocycles. The standard InChI is InChI=1S/C26H22O4S/c1-17(2)31-26-24(19-9-11-20(28-3)12-10-19)25(27)22-14-13-21(15-23(22)30-26)29-16-18-7-5-4-6-8-18/h4-15H,1,16H2,2-3H3. The van der Waals surface area contributed by atoms with E-state index in [1.54, 1.807) is 25.3 Å². The van der Waals surface area contributed by atoms with Gasteiger partial charge < -0.3 is 13.9 Å². The largest absolute Gasteiger partial charge is 0.497 e. The maximum atomic E-state index is 13.4. The van der Waals surface area contributed by atoms with Crippen LogP contribution in [0, 0.1) is 0 Å². The van der Waals surface area contributed by atoms with Gasteiger partial charge in [0.15, 0.2) is 5.09 Å². The van der Waals surface area contributed by atoms with Crippen molar-refractivity contribution < 1.29 is 13.9 Å². The van der Waals surface area contributed by atoms with Crippen molar-refractivity contribution >= 4 is 22.7 Å². The van der Waals surface area contributed by atoms with Gasteiger partial charge in [-0.05, 0) is 47.2 Å².